The lowest BCUT2D eigenvalue weighted by atomic mass is 10.1. The summed E-state index contributed by atoms with van der Waals surface area (Å²) in [7, 11) is 0. The molecule has 0 aromatic heterocycles. The van der Waals surface area contributed by atoms with Crippen molar-refractivity contribution in [3.63, 3.8) is 0 Å². The molecule has 1 N–H and O–H groups in total. The maximum absolute atomic E-state index is 13.0. The van der Waals surface area contributed by atoms with E-state index in [9.17, 15) is 9.18 Å². The Labute approximate surface area is 107 Å². The molecule has 0 spiro atoms. The molecule has 0 fully saturated rings. The average molecular weight is 253 g/mol. The van der Waals surface area contributed by atoms with E-state index in [0.717, 1.165) is 5.56 Å². The Kier molecular flexibility index (Phi) is 4.84. The fraction of sp³-hybridized carbons (Fsp3) is 0.500. The van der Waals surface area contributed by atoms with Gasteiger partial charge in [-0.1, -0.05) is 12.1 Å². The van der Waals surface area contributed by atoms with E-state index in [0.29, 0.717) is 12.1 Å². The van der Waals surface area contributed by atoms with Gasteiger partial charge in [0.25, 0.3) is 0 Å². The van der Waals surface area contributed by atoms with Gasteiger partial charge in [0.15, 0.2) is 0 Å². The first-order valence-corrected chi connectivity index (χ1v) is 5.95. The second-order valence-electron chi connectivity index (χ2n) is 5.27. The monoisotopic (exact) mass is 253 g/mol. The first kappa shape index (κ1) is 14.6. The van der Waals surface area contributed by atoms with Gasteiger partial charge >= 0.3 is 5.97 Å². The summed E-state index contributed by atoms with van der Waals surface area (Å²) in [5, 5.41) is 2.97. The van der Waals surface area contributed by atoms with Crippen molar-refractivity contribution in [2.75, 3.05) is 6.54 Å². The molecule has 18 heavy (non-hydrogen) atoms. The van der Waals surface area contributed by atoms with Gasteiger partial charge in [-0.15, -0.1) is 0 Å². The molecule has 0 bridgehead atoms. The molecule has 1 rings (SSSR count). The number of halogens is 1. The lowest BCUT2D eigenvalue weighted by Crippen LogP contribution is -2.31. The van der Waals surface area contributed by atoms with Crippen molar-refractivity contribution in [3.8, 4) is 0 Å². The third-order valence-electron chi connectivity index (χ3n) is 2.24. The number of carbonyl (C=O) groups is 1. The molecule has 0 heterocycles. The topological polar surface area (TPSA) is 38.3 Å². The Morgan fingerprint density at radius 1 is 1.39 bits per heavy atom. The van der Waals surface area contributed by atoms with Gasteiger partial charge in [0.05, 0.1) is 6.54 Å². The molecule has 0 unspecified atom stereocenters. The number of carbonyl (C=O) groups excluding carboxylic acids is 1. The molecular weight excluding hydrogens is 233 g/mol. The Morgan fingerprint density at radius 2 is 2.06 bits per heavy atom. The molecule has 0 saturated carbocycles. The van der Waals surface area contributed by atoms with Gasteiger partial charge < -0.3 is 10.1 Å². The number of ether oxygens (including phenoxy) is 1. The van der Waals surface area contributed by atoms with E-state index in [-0.39, 0.29) is 18.3 Å². The molecule has 4 heteroatoms. The standard InChI is InChI=1S/C14H20FNO2/c1-10-7-11(5-6-12(10)15)8-16-9-13(17)18-14(2,3)4/h5-7,16H,8-9H2,1-4H3. The van der Waals surface area contributed by atoms with E-state index in [1.54, 1.807) is 19.1 Å². The van der Waals surface area contributed by atoms with Gasteiger partial charge in [-0.2, -0.15) is 0 Å². The van der Waals surface area contributed by atoms with Crippen LogP contribution >= 0.6 is 0 Å². The van der Waals surface area contributed by atoms with Crippen LogP contribution in [0, 0.1) is 12.7 Å². The van der Waals surface area contributed by atoms with E-state index >= 15 is 0 Å². The van der Waals surface area contributed by atoms with Gasteiger partial charge in [0, 0.05) is 6.54 Å². The summed E-state index contributed by atoms with van der Waals surface area (Å²) < 4.78 is 18.2. The van der Waals surface area contributed by atoms with Gasteiger partial charge in [-0.25, -0.2) is 4.39 Å². The maximum Gasteiger partial charge on any atom is 0.320 e. The molecule has 1 aromatic rings. The van der Waals surface area contributed by atoms with E-state index in [1.165, 1.54) is 6.07 Å². The zero-order valence-corrected chi connectivity index (χ0v) is 11.3. The number of aryl methyl sites for hydroxylation is 1. The smallest absolute Gasteiger partial charge is 0.320 e. The molecule has 100 valence electrons. The molecule has 3 nitrogen and oxygen atoms in total. The Morgan fingerprint density at radius 3 is 2.61 bits per heavy atom. The summed E-state index contributed by atoms with van der Waals surface area (Å²) in [6.07, 6.45) is 0. The first-order valence-electron chi connectivity index (χ1n) is 5.95. The van der Waals surface area contributed by atoms with Crippen LogP contribution in [0.15, 0.2) is 18.2 Å². The van der Waals surface area contributed by atoms with Crippen LogP contribution in [-0.2, 0) is 16.1 Å². The van der Waals surface area contributed by atoms with Crippen LogP contribution in [-0.4, -0.2) is 18.1 Å². The van der Waals surface area contributed by atoms with Crippen LogP contribution in [0.3, 0.4) is 0 Å². The van der Waals surface area contributed by atoms with Crippen LogP contribution in [0.2, 0.25) is 0 Å². The minimum atomic E-state index is -0.467. The lowest BCUT2D eigenvalue weighted by Gasteiger charge is -2.19. The minimum Gasteiger partial charge on any atom is -0.459 e. The highest BCUT2D eigenvalue weighted by molar-refractivity contribution is 5.72. The number of benzene rings is 1. The highest BCUT2D eigenvalue weighted by Crippen LogP contribution is 2.09. The molecular formula is C14H20FNO2. The molecule has 0 aliphatic rings. The fourth-order valence-electron chi connectivity index (χ4n) is 1.50. The summed E-state index contributed by atoms with van der Waals surface area (Å²) in [6.45, 7) is 7.86. The zero-order chi connectivity index (χ0) is 13.8. The fourth-order valence-corrected chi connectivity index (χ4v) is 1.50. The Balaban J connectivity index is 2.38. The highest BCUT2D eigenvalue weighted by Gasteiger charge is 2.15. The first-order chi connectivity index (χ1) is 8.28. The van der Waals surface area contributed by atoms with E-state index in [2.05, 4.69) is 5.32 Å². The Hall–Kier alpha value is -1.42. The number of nitrogens with one attached hydrogen (secondary N) is 1. The third kappa shape index (κ3) is 5.27. The normalized spacial score (nSPS) is 11.4. The van der Waals surface area contributed by atoms with Gasteiger partial charge in [0.2, 0.25) is 0 Å². The zero-order valence-electron chi connectivity index (χ0n) is 11.3. The largest absolute Gasteiger partial charge is 0.459 e. The SMILES string of the molecule is Cc1cc(CNCC(=O)OC(C)(C)C)ccc1F. The van der Waals surface area contributed by atoms with Crippen molar-refractivity contribution in [2.45, 2.75) is 39.8 Å². The molecule has 1 aromatic carbocycles. The van der Waals surface area contributed by atoms with Crippen molar-refractivity contribution in [2.24, 2.45) is 0 Å². The summed E-state index contributed by atoms with van der Waals surface area (Å²) in [6, 6.07) is 4.89. The molecule has 0 atom stereocenters. The van der Waals surface area contributed by atoms with Gasteiger partial charge in [-0.05, 0) is 44.9 Å². The van der Waals surface area contributed by atoms with Crippen LogP contribution in [0.25, 0.3) is 0 Å². The van der Waals surface area contributed by atoms with E-state index in [4.69, 9.17) is 4.74 Å². The summed E-state index contributed by atoms with van der Waals surface area (Å²) in [5.74, 6) is -0.507. The third-order valence-corrected chi connectivity index (χ3v) is 2.24. The van der Waals surface area contributed by atoms with Crippen LogP contribution in [0.4, 0.5) is 4.39 Å². The number of esters is 1. The van der Waals surface area contributed by atoms with Crippen molar-refractivity contribution in [1.82, 2.24) is 5.32 Å². The highest BCUT2D eigenvalue weighted by atomic mass is 19.1. The summed E-state index contributed by atoms with van der Waals surface area (Å²) in [4.78, 5) is 11.4. The maximum atomic E-state index is 13.0. The van der Waals surface area contributed by atoms with Crippen LogP contribution < -0.4 is 5.32 Å². The minimum absolute atomic E-state index is 0.147. The summed E-state index contributed by atoms with van der Waals surface area (Å²) in [5.41, 5.74) is 1.08. The van der Waals surface area contributed by atoms with Crippen LogP contribution in [0.5, 0.6) is 0 Å². The number of rotatable bonds is 4. The predicted molar refractivity (Wildman–Crippen MR) is 68.7 cm³/mol. The number of hydrogen-bond donors (Lipinski definition) is 1. The van der Waals surface area contributed by atoms with Crippen molar-refractivity contribution >= 4 is 5.97 Å². The second kappa shape index (κ2) is 5.96. The summed E-state index contributed by atoms with van der Waals surface area (Å²) >= 11 is 0. The van der Waals surface area contributed by atoms with Gasteiger partial charge in [0.1, 0.15) is 11.4 Å². The molecule has 0 radical (unpaired) electrons. The van der Waals surface area contributed by atoms with E-state index in [1.807, 2.05) is 20.8 Å². The molecule has 0 aliphatic heterocycles. The lowest BCUT2D eigenvalue weighted by molar-refractivity contribution is -0.153. The predicted octanol–water partition coefficient (Wildman–Crippen LogP) is 2.57. The molecule has 0 amide bonds. The quantitative estimate of drug-likeness (QED) is 0.838. The molecule has 0 aliphatic carbocycles. The molecule has 0 saturated heterocycles. The van der Waals surface area contributed by atoms with Crippen LogP contribution in [0.1, 0.15) is 31.9 Å². The Bertz CT molecular complexity index is 424. The second-order valence-corrected chi connectivity index (χ2v) is 5.27. The van der Waals surface area contributed by atoms with Crippen molar-refractivity contribution in [1.29, 1.82) is 0 Å². The van der Waals surface area contributed by atoms with Gasteiger partial charge in [-0.3, -0.25) is 4.79 Å². The van der Waals surface area contributed by atoms with Crippen molar-refractivity contribution in [3.05, 3.63) is 35.1 Å². The van der Waals surface area contributed by atoms with E-state index < -0.39 is 5.60 Å². The van der Waals surface area contributed by atoms with Crippen molar-refractivity contribution < 1.29 is 13.9 Å². The number of hydrogen-bond acceptors (Lipinski definition) is 3. The average Bonchev–Trinajstić information content (AvgIpc) is 2.20.